The fraction of sp³-hybridized carbons (Fsp3) is 0.655. The van der Waals surface area contributed by atoms with Crippen LogP contribution >= 0.6 is 11.6 Å². The van der Waals surface area contributed by atoms with E-state index in [1.165, 1.54) is 5.57 Å². The number of carbonyl (C=O) groups is 2. The number of fused-ring (bicyclic) bond motifs is 1. The van der Waals surface area contributed by atoms with E-state index >= 15 is 0 Å². The first kappa shape index (κ1) is 27.7. The Hall–Kier alpha value is -1.87. The Morgan fingerprint density at radius 3 is 2.89 bits per heavy atom. The van der Waals surface area contributed by atoms with Crippen LogP contribution in [0.3, 0.4) is 0 Å². The van der Waals surface area contributed by atoms with Gasteiger partial charge in [-0.05, 0) is 64.2 Å². The van der Waals surface area contributed by atoms with E-state index in [1.54, 1.807) is 6.92 Å². The van der Waals surface area contributed by atoms with E-state index in [0.29, 0.717) is 37.7 Å². The van der Waals surface area contributed by atoms with Gasteiger partial charge in [0.25, 0.3) is 0 Å². The molecule has 2 fully saturated rings. The summed E-state index contributed by atoms with van der Waals surface area (Å²) in [5.41, 5.74) is 1.27. The molecule has 1 aliphatic heterocycles. The molecule has 5 nitrogen and oxygen atoms in total. The van der Waals surface area contributed by atoms with Crippen molar-refractivity contribution in [1.82, 2.24) is 0 Å². The molecule has 1 saturated carbocycles. The van der Waals surface area contributed by atoms with Crippen LogP contribution in [0, 0.1) is 35.5 Å². The molecule has 0 aromatic rings. The van der Waals surface area contributed by atoms with E-state index in [2.05, 4.69) is 24.0 Å². The van der Waals surface area contributed by atoms with Gasteiger partial charge >= 0.3 is 5.97 Å². The Labute approximate surface area is 215 Å². The number of hydrogen-bond donors (Lipinski definition) is 0. The molecule has 3 aliphatic rings. The molecule has 0 N–H and O–H groups in total. The fourth-order valence-corrected chi connectivity index (χ4v) is 5.60. The fourth-order valence-electron chi connectivity index (χ4n) is 5.27. The Morgan fingerprint density at radius 2 is 2.17 bits per heavy atom. The first-order chi connectivity index (χ1) is 16.9. The normalized spacial score (nSPS) is 29.3. The van der Waals surface area contributed by atoms with E-state index in [1.807, 2.05) is 26.0 Å². The van der Waals surface area contributed by atoms with Gasteiger partial charge in [-0.1, -0.05) is 48.4 Å². The zero-order valence-corrected chi connectivity index (χ0v) is 22.0. The largest absolute Gasteiger partial charge is 0.466 e. The van der Waals surface area contributed by atoms with Crippen molar-refractivity contribution in [3.05, 3.63) is 34.9 Å². The number of hydrogen-bond acceptors (Lipinski definition) is 5. The predicted molar refractivity (Wildman–Crippen MR) is 137 cm³/mol. The number of halogens is 1. The van der Waals surface area contributed by atoms with Crippen molar-refractivity contribution >= 4 is 23.4 Å². The van der Waals surface area contributed by atoms with E-state index in [9.17, 15) is 9.59 Å². The minimum Gasteiger partial charge on any atom is -0.466 e. The van der Waals surface area contributed by atoms with Gasteiger partial charge in [0, 0.05) is 31.3 Å². The Balaban J connectivity index is 1.68. The van der Waals surface area contributed by atoms with E-state index in [4.69, 9.17) is 25.8 Å². The lowest BCUT2D eigenvalue weighted by molar-refractivity contribution is -0.192. The Kier molecular flexibility index (Phi) is 11.1. The van der Waals surface area contributed by atoms with E-state index in [-0.39, 0.29) is 41.0 Å². The molecule has 0 spiro atoms. The maximum atomic E-state index is 12.9. The molecule has 3 rings (SSSR count). The molecule has 0 aromatic heterocycles. The summed E-state index contributed by atoms with van der Waals surface area (Å²) in [5, 5.41) is 0.289. The molecule has 35 heavy (non-hydrogen) atoms. The van der Waals surface area contributed by atoms with Gasteiger partial charge < -0.3 is 14.2 Å². The van der Waals surface area contributed by atoms with E-state index in [0.717, 1.165) is 38.7 Å². The molecule has 6 atom stereocenters. The molecule has 0 aromatic carbocycles. The molecule has 6 unspecified atom stereocenters. The standard InChI is InChI=1S/C29H39ClO5/c1-4-6-11-20(3)29(32)25(30)19-24-23-17-21(12-7-8-13-27(31)33-5-2)16-22(23)18-26(24)35-28-14-9-10-15-34-28/h7,12,16,19-20,22-24,26,28H,5,8-11,13-15,17-18H2,1-3H3. The SMILES string of the molecule is CC#CCC(C)C(=O)C(Cl)=CC1C(OC2CCCCO2)CC2C=C(C=CCCC(=O)OCC)CC21. The van der Waals surface area contributed by atoms with Crippen LogP contribution in [-0.4, -0.2) is 37.4 Å². The molecule has 2 aliphatic carbocycles. The van der Waals surface area contributed by atoms with Gasteiger partial charge in [0.15, 0.2) is 12.1 Å². The van der Waals surface area contributed by atoms with Gasteiger partial charge in [-0.3, -0.25) is 9.59 Å². The lowest BCUT2D eigenvalue weighted by atomic mass is 9.88. The highest BCUT2D eigenvalue weighted by atomic mass is 35.5. The highest BCUT2D eigenvalue weighted by molar-refractivity contribution is 6.42. The third kappa shape index (κ3) is 8.07. The number of ether oxygens (including phenoxy) is 3. The van der Waals surface area contributed by atoms with Crippen LogP contribution < -0.4 is 0 Å². The lowest BCUT2D eigenvalue weighted by Gasteiger charge is -2.29. The van der Waals surface area contributed by atoms with Crippen molar-refractivity contribution in [2.45, 2.75) is 84.5 Å². The smallest absolute Gasteiger partial charge is 0.306 e. The number of ketones is 1. The summed E-state index contributed by atoms with van der Waals surface area (Å²) in [7, 11) is 0. The van der Waals surface area contributed by atoms with Crippen LogP contribution in [0.4, 0.5) is 0 Å². The van der Waals surface area contributed by atoms with Gasteiger partial charge in [0.2, 0.25) is 0 Å². The molecule has 1 saturated heterocycles. The van der Waals surface area contributed by atoms with Gasteiger partial charge in [0.05, 0.1) is 17.7 Å². The van der Waals surface area contributed by atoms with Gasteiger partial charge in [-0.25, -0.2) is 0 Å². The minimum absolute atomic E-state index is 0.0222. The Bertz CT molecular complexity index is 886. The number of allylic oxidation sites excluding steroid dienone is 5. The third-order valence-corrected chi connectivity index (χ3v) is 7.41. The van der Waals surface area contributed by atoms with Crippen LogP contribution in [0.25, 0.3) is 0 Å². The van der Waals surface area contributed by atoms with Crippen LogP contribution in [0.5, 0.6) is 0 Å². The van der Waals surface area contributed by atoms with Gasteiger partial charge in [-0.15, -0.1) is 11.8 Å². The summed E-state index contributed by atoms with van der Waals surface area (Å²) < 4.78 is 17.3. The highest BCUT2D eigenvalue weighted by Gasteiger charge is 2.46. The highest BCUT2D eigenvalue weighted by Crippen LogP contribution is 2.49. The average Bonchev–Trinajstić information content (AvgIpc) is 3.38. The molecule has 192 valence electrons. The summed E-state index contributed by atoms with van der Waals surface area (Å²) in [5.74, 6) is 6.13. The van der Waals surface area contributed by atoms with Crippen molar-refractivity contribution in [2.75, 3.05) is 13.2 Å². The number of Topliss-reactive ketones (excluding diaryl/α,β-unsaturated/α-hetero) is 1. The number of esters is 1. The molecular formula is C29H39ClO5. The second-order valence-corrected chi connectivity index (χ2v) is 10.1. The van der Waals surface area contributed by atoms with Crippen LogP contribution in [0.1, 0.15) is 72.1 Å². The first-order valence-electron chi connectivity index (χ1n) is 13.0. The van der Waals surface area contributed by atoms with E-state index < -0.39 is 0 Å². The zero-order valence-electron chi connectivity index (χ0n) is 21.3. The van der Waals surface area contributed by atoms with Crippen molar-refractivity contribution < 1.29 is 23.8 Å². The molecule has 0 bridgehead atoms. The number of rotatable bonds is 11. The van der Waals surface area contributed by atoms with Crippen molar-refractivity contribution in [2.24, 2.45) is 23.7 Å². The maximum Gasteiger partial charge on any atom is 0.306 e. The second kappa shape index (κ2) is 14.0. The maximum absolute atomic E-state index is 12.9. The van der Waals surface area contributed by atoms with Gasteiger partial charge in [-0.2, -0.15) is 0 Å². The zero-order chi connectivity index (χ0) is 25.2. The molecule has 0 radical (unpaired) electrons. The topological polar surface area (TPSA) is 61.8 Å². The lowest BCUT2D eigenvalue weighted by Crippen LogP contribution is -2.31. The average molecular weight is 503 g/mol. The van der Waals surface area contributed by atoms with Crippen molar-refractivity contribution in [3.8, 4) is 11.8 Å². The monoisotopic (exact) mass is 502 g/mol. The van der Waals surface area contributed by atoms with Crippen molar-refractivity contribution in [1.29, 1.82) is 0 Å². The third-order valence-electron chi connectivity index (χ3n) is 7.10. The summed E-state index contributed by atoms with van der Waals surface area (Å²) >= 11 is 6.58. The minimum atomic E-state index is -0.232. The van der Waals surface area contributed by atoms with Crippen molar-refractivity contribution in [3.63, 3.8) is 0 Å². The summed E-state index contributed by atoms with van der Waals surface area (Å²) in [4.78, 5) is 24.4. The molecule has 1 heterocycles. The van der Waals surface area contributed by atoms with Crippen LogP contribution in [0.2, 0.25) is 0 Å². The molecule has 0 amide bonds. The summed E-state index contributed by atoms with van der Waals surface area (Å²) in [6.07, 6.45) is 14.7. The predicted octanol–water partition coefficient (Wildman–Crippen LogP) is 6.12. The number of carbonyl (C=O) groups excluding carboxylic acids is 2. The quantitative estimate of drug-likeness (QED) is 0.193. The Morgan fingerprint density at radius 1 is 1.34 bits per heavy atom. The van der Waals surface area contributed by atoms with Gasteiger partial charge in [0.1, 0.15) is 0 Å². The summed E-state index contributed by atoms with van der Waals surface area (Å²) in [6, 6.07) is 0. The molecular weight excluding hydrogens is 464 g/mol. The second-order valence-electron chi connectivity index (χ2n) is 9.71. The summed E-state index contributed by atoms with van der Waals surface area (Å²) in [6.45, 7) is 6.62. The first-order valence-corrected chi connectivity index (χ1v) is 13.4. The van der Waals surface area contributed by atoms with Crippen LogP contribution in [0.15, 0.2) is 34.9 Å². The molecule has 6 heteroatoms. The van der Waals surface area contributed by atoms with Crippen LogP contribution in [-0.2, 0) is 23.8 Å².